The smallest absolute Gasteiger partial charge is 0.140 e. The Labute approximate surface area is 94.1 Å². The minimum Gasteiger partial charge on any atom is -0.495 e. The van der Waals surface area contributed by atoms with Crippen LogP contribution in [0.1, 0.15) is 0 Å². The van der Waals surface area contributed by atoms with Crippen LogP contribution >= 0.6 is 12.6 Å². The van der Waals surface area contributed by atoms with Crippen LogP contribution in [0, 0.1) is 0 Å². The standard InChI is InChI=1S/C11H12N2OS/c1-13-7-8(6-12-13)9-4-3-5-10(15)11(9)14-2/h3-7,15H,1-2H3. The number of hydrogen-bond donors (Lipinski definition) is 1. The Morgan fingerprint density at radius 2 is 2.20 bits per heavy atom. The van der Waals surface area contributed by atoms with Crippen LogP contribution in [0.3, 0.4) is 0 Å². The van der Waals surface area contributed by atoms with Gasteiger partial charge in [-0.05, 0) is 6.07 Å². The van der Waals surface area contributed by atoms with Crippen molar-refractivity contribution in [2.75, 3.05) is 7.11 Å². The quantitative estimate of drug-likeness (QED) is 0.787. The number of hydrogen-bond acceptors (Lipinski definition) is 3. The van der Waals surface area contributed by atoms with Crippen LogP contribution in [0.5, 0.6) is 5.75 Å². The van der Waals surface area contributed by atoms with E-state index in [0.29, 0.717) is 0 Å². The number of rotatable bonds is 2. The highest BCUT2D eigenvalue weighted by atomic mass is 32.1. The average molecular weight is 220 g/mol. The monoisotopic (exact) mass is 220 g/mol. The zero-order valence-corrected chi connectivity index (χ0v) is 9.53. The molecule has 1 aromatic carbocycles. The first-order valence-corrected chi connectivity index (χ1v) is 5.02. The van der Waals surface area contributed by atoms with Crippen molar-refractivity contribution in [2.45, 2.75) is 4.90 Å². The van der Waals surface area contributed by atoms with Gasteiger partial charge in [-0.25, -0.2) is 0 Å². The molecule has 1 aromatic heterocycles. The SMILES string of the molecule is COc1c(S)cccc1-c1cnn(C)c1. The zero-order valence-electron chi connectivity index (χ0n) is 8.64. The summed E-state index contributed by atoms with van der Waals surface area (Å²) in [6.45, 7) is 0. The minimum atomic E-state index is 0.786. The Morgan fingerprint density at radius 3 is 2.80 bits per heavy atom. The third-order valence-electron chi connectivity index (χ3n) is 2.21. The second-order valence-corrected chi connectivity index (χ2v) is 3.74. The molecular weight excluding hydrogens is 208 g/mol. The lowest BCUT2D eigenvalue weighted by atomic mass is 10.1. The van der Waals surface area contributed by atoms with Gasteiger partial charge < -0.3 is 4.74 Å². The van der Waals surface area contributed by atoms with Gasteiger partial charge in [0.25, 0.3) is 0 Å². The van der Waals surface area contributed by atoms with E-state index in [4.69, 9.17) is 4.74 Å². The highest BCUT2D eigenvalue weighted by Gasteiger charge is 2.09. The van der Waals surface area contributed by atoms with Crippen LogP contribution in [0.25, 0.3) is 11.1 Å². The Hall–Kier alpha value is -1.42. The summed E-state index contributed by atoms with van der Waals surface area (Å²) in [5.74, 6) is 0.786. The van der Waals surface area contributed by atoms with E-state index in [0.717, 1.165) is 21.8 Å². The molecule has 0 fully saturated rings. The average Bonchev–Trinajstić information content (AvgIpc) is 2.64. The molecule has 2 aromatic rings. The Balaban J connectivity index is 2.57. The van der Waals surface area contributed by atoms with Gasteiger partial charge in [0.2, 0.25) is 0 Å². The van der Waals surface area contributed by atoms with Crippen molar-refractivity contribution >= 4 is 12.6 Å². The first-order valence-electron chi connectivity index (χ1n) is 4.57. The van der Waals surface area contributed by atoms with Crippen molar-refractivity contribution in [2.24, 2.45) is 7.05 Å². The molecule has 0 saturated heterocycles. The molecule has 0 aliphatic carbocycles. The molecule has 0 N–H and O–H groups in total. The lowest BCUT2D eigenvalue weighted by Crippen LogP contribution is -1.88. The molecule has 4 heteroatoms. The highest BCUT2D eigenvalue weighted by Crippen LogP contribution is 2.34. The molecular formula is C11H12N2OS. The minimum absolute atomic E-state index is 0.786. The van der Waals surface area contributed by atoms with Gasteiger partial charge in [0.05, 0.1) is 13.3 Å². The zero-order chi connectivity index (χ0) is 10.8. The van der Waals surface area contributed by atoms with Crippen LogP contribution in [0.15, 0.2) is 35.5 Å². The molecule has 0 spiro atoms. The maximum Gasteiger partial charge on any atom is 0.140 e. The number of aryl methyl sites for hydroxylation is 1. The molecule has 0 aliphatic rings. The van der Waals surface area contributed by atoms with Crippen molar-refractivity contribution in [1.82, 2.24) is 9.78 Å². The van der Waals surface area contributed by atoms with Crippen molar-refractivity contribution in [1.29, 1.82) is 0 Å². The van der Waals surface area contributed by atoms with E-state index in [-0.39, 0.29) is 0 Å². The third kappa shape index (κ3) is 1.85. The Kier molecular flexibility index (Phi) is 2.68. The Bertz CT molecular complexity index is 479. The van der Waals surface area contributed by atoms with Gasteiger partial charge in [-0.1, -0.05) is 12.1 Å². The van der Waals surface area contributed by atoms with Crippen LogP contribution in [-0.2, 0) is 7.05 Å². The van der Waals surface area contributed by atoms with Crippen molar-refractivity contribution in [3.05, 3.63) is 30.6 Å². The first kappa shape index (κ1) is 10.1. The van der Waals surface area contributed by atoms with Crippen molar-refractivity contribution in [3.63, 3.8) is 0 Å². The summed E-state index contributed by atoms with van der Waals surface area (Å²) >= 11 is 4.35. The number of para-hydroxylation sites is 1. The predicted molar refractivity (Wildman–Crippen MR) is 62.4 cm³/mol. The highest BCUT2D eigenvalue weighted by molar-refractivity contribution is 7.80. The van der Waals surface area contributed by atoms with E-state index in [1.54, 1.807) is 11.8 Å². The van der Waals surface area contributed by atoms with E-state index in [1.165, 1.54) is 0 Å². The molecule has 0 bridgehead atoms. The van der Waals surface area contributed by atoms with E-state index in [2.05, 4.69) is 17.7 Å². The molecule has 3 nitrogen and oxygen atoms in total. The van der Waals surface area contributed by atoms with Gasteiger partial charge in [0.15, 0.2) is 0 Å². The number of nitrogens with zero attached hydrogens (tertiary/aromatic N) is 2. The van der Waals surface area contributed by atoms with Crippen LogP contribution in [-0.4, -0.2) is 16.9 Å². The molecule has 0 saturated carbocycles. The molecule has 0 amide bonds. The molecule has 2 rings (SSSR count). The molecule has 78 valence electrons. The van der Waals surface area contributed by atoms with E-state index < -0.39 is 0 Å². The van der Waals surface area contributed by atoms with E-state index >= 15 is 0 Å². The van der Waals surface area contributed by atoms with Crippen LogP contribution < -0.4 is 4.74 Å². The summed E-state index contributed by atoms with van der Waals surface area (Å²) in [5, 5.41) is 4.13. The summed E-state index contributed by atoms with van der Waals surface area (Å²) < 4.78 is 7.09. The summed E-state index contributed by atoms with van der Waals surface area (Å²) in [7, 11) is 3.54. The fraction of sp³-hybridized carbons (Fsp3) is 0.182. The number of aromatic nitrogens is 2. The van der Waals surface area contributed by atoms with Crippen LogP contribution in [0.2, 0.25) is 0 Å². The third-order valence-corrected chi connectivity index (χ3v) is 2.57. The maximum atomic E-state index is 5.33. The lowest BCUT2D eigenvalue weighted by molar-refractivity contribution is 0.407. The second-order valence-electron chi connectivity index (χ2n) is 3.26. The fourth-order valence-corrected chi connectivity index (χ4v) is 1.82. The lowest BCUT2D eigenvalue weighted by Gasteiger charge is -2.08. The summed E-state index contributed by atoms with van der Waals surface area (Å²) in [6.07, 6.45) is 3.76. The fourth-order valence-electron chi connectivity index (χ4n) is 1.53. The largest absolute Gasteiger partial charge is 0.495 e. The topological polar surface area (TPSA) is 27.1 Å². The van der Waals surface area contributed by atoms with Crippen LogP contribution in [0.4, 0.5) is 0 Å². The predicted octanol–water partition coefficient (Wildman–Crippen LogP) is 2.38. The molecule has 1 heterocycles. The molecule has 0 radical (unpaired) electrons. The number of methoxy groups -OCH3 is 1. The van der Waals surface area contributed by atoms with Gasteiger partial charge in [-0.2, -0.15) is 5.10 Å². The van der Waals surface area contributed by atoms with Gasteiger partial charge >= 0.3 is 0 Å². The summed E-state index contributed by atoms with van der Waals surface area (Å²) in [4.78, 5) is 0.832. The van der Waals surface area contributed by atoms with Crippen molar-refractivity contribution in [3.8, 4) is 16.9 Å². The molecule has 0 unspecified atom stereocenters. The number of benzene rings is 1. The van der Waals surface area contributed by atoms with Gasteiger partial charge in [-0.3, -0.25) is 4.68 Å². The normalized spacial score (nSPS) is 10.3. The number of thiol groups is 1. The molecule has 15 heavy (non-hydrogen) atoms. The maximum absolute atomic E-state index is 5.33. The second kappa shape index (κ2) is 3.98. The van der Waals surface area contributed by atoms with Gasteiger partial charge in [0.1, 0.15) is 5.75 Å². The number of ether oxygens (including phenoxy) is 1. The first-order chi connectivity index (χ1) is 7.22. The Morgan fingerprint density at radius 1 is 1.40 bits per heavy atom. The summed E-state index contributed by atoms with van der Waals surface area (Å²) in [5.41, 5.74) is 2.04. The molecule has 0 atom stereocenters. The molecule has 0 aliphatic heterocycles. The van der Waals surface area contributed by atoms with Gasteiger partial charge in [-0.15, -0.1) is 12.6 Å². The van der Waals surface area contributed by atoms with Gasteiger partial charge in [0, 0.05) is 29.3 Å². The summed E-state index contributed by atoms with van der Waals surface area (Å²) in [6, 6.07) is 5.85. The van der Waals surface area contributed by atoms with E-state index in [9.17, 15) is 0 Å². The van der Waals surface area contributed by atoms with Crippen molar-refractivity contribution < 1.29 is 4.74 Å². The van der Waals surface area contributed by atoms with E-state index in [1.807, 2.05) is 37.6 Å².